The minimum Gasteiger partial charge on any atom is -0.485 e. The summed E-state index contributed by atoms with van der Waals surface area (Å²) in [6.45, 7) is 3.97. The molecule has 1 aliphatic carbocycles. The molecule has 2 aromatic rings. The number of sulfonamides is 1. The Labute approximate surface area is 234 Å². The van der Waals surface area contributed by atoms with Gasteiger partial charge in [0, 0.05) is 25.6 Å². The smallest absolute Gasteiger partial charge is 0.317 e. The van der Waals surface area contributed by atoms with Crippen molar-refractivity contribution in [1.82, 2.24) is 15.1 Å². The molecule has 0 saturated heterocycles. The Morgan fingerprint density at radius 1 is 1.23 bits per heavy atom. The molecule has 214 valence electrons. The summed E-state index contributed by atoms with van der Waals surface area (Å²) in [6.07, 6.45) is 4.77. The quantitative estimate of drug-likeness (QED) is 0.438. The van der Waals surface area contributed by atoms with Gasteiger partial charge in [-0.3, -0.25) is 9.52 Å². The number of likely N-dealkylation sites (N-methyl/N-ethyl adjacent to an activating group) is 1. The second kappa shape index (κ2) is 12.6. The van der Waals surface area contributed by atoms with E-state index in [2.05, 4.69) is 10.0 Å². The largest absolute Gasteiger partial charge is 0.485 e. The second-order valence-electron chi connectivity index (χ2n) is 10.5. The molecule has 0 unspecified atom stereocenters. The van der Waals surface area contributed by atoms with Crippen LogP contribution in [-0.4, -0.2) is 80.2 Å². The number of amides is 3. The highest BCUT2D eigenvalue weighted by atomic mass is 32.2. The van der Waals surface area contributed by atoms with Crippen LogP contribution in [0.25, 0.3) is 0 Å². The van der Waals surface area contributed by atoms with Gasteiger partial charge >= 0.3 is 6.03 Å². The van der Waals surface area contributed by atoms with Gasteiger partial charge in [-0.2, -0.15) is 0 Å². The maximum atomic E-state index is 13.6. The fourth-order valence-corrected chi connectivity index (χ4v) is 7.09. The number of thiophene rings is 1. The highest BCUT2D eigenvalue weighted by Gasteiger charge is 2.35. The summed E-state index contributed by atoms with van der Waals surface area (Å²) in [5, 5.41) is 14.7. The van der Waals surface area contributed by atoms with Crippen LogP contribution in [0.4, 0.5) is 10.5 Å². The molecular formula is C27H38N4O6S2. The Kier molecular flexibility index (Phi) is 9.39. The van der Waals surface area contributed by atoms with E-state index in [0.29, 0.717) is 6.54 Å². The SMILES string of the molecule is C[C@H]1CN([C@@H](C)CO)C(=O)c2cccc(NS(=O)(=O)c3cccs3)c2O[C@H]1CN(C)C(=O)NC1CCCCC1. The summed E-state index contributed by atoms with van der Waals surface area (Å²) in [6, 6.07) is 7.38. The molecule has 0 bridgehead atoms. The number of hydrogen-bond donors (Lipinski definition) is 3. The third-order valence-corrected chi connectivity index (χ3v) is 10.2. The molecule has 1 aromatic carbocycles. The first-order chi connectivity index (χ1) is 18.6. The third-order valence-electron chi connectivity index (χ3n) is 7.43. The van der Waals surface area contributed by atoms with E-state index in [0.717, 1.165) is 37.0 Å². The van der Waals surface area contributed by atoms with E-state index in [-0.39, 0.29) is 58.3 Å². The molecule has 1 saturated carbocycles. The van der Waals surface area contributed by atoms with Gasteiger partial charge in [0.1, 0.15) is 10.3 Å². The number of hydrogen-bond acceptors (Lipinski definition) is 7. The van der Waals surface area contributed by atoms with Crippen LogP contribution >= 0.6 is 11.3 Å². The van der Waals surface area contributed by atoms with Crippen LogP contribution in [0.2, 0.25) is 0 Å². The molecule has 0 radical (unpaired) electrons. The van der Waals surface area contributed by atoms with Crippen LogP contribution in [0.5, 0.6) is 5.75 Å². The molecule has 2 heterocycles. The lowest BCUT2D eigenvalue weighted by Gasteiger charge is -2.38. The number of fused-ring (bicyclic) bond motifs is 1. The molecule has 0 spiro atoms. The molecule has 12 heteroatoms. The number of benzene rings is 1. The van der Waals surface area contributed by atoms with Gasteiger partial charge in [-0.05, 0) is 43.3 Å². The van der Waals surface area contributed by atoms with Crippen molar-refractivity contribution in [1.29, 1.82) is 0 Å². The summed E-state index contributed by atoms with van der Waals surface area (Å²) < 4.78 is 35.3. The minimum absolute atomic E-state index is 0.107. The summed E-state index contributed by atoms with van der Waals surface area (Å²) >= 11 is 1.08. The normalized spacial score (nSPS) is 21.2. The molecular weight excluding hydrogens is 540 g/mol. The lowest BCUT2D eigenvalue weighted by atomic mass is 9.96. The monoisotopic (exact) mass is 578 g/mol. The van der Waals surface area contributed by atoms with Crippen LogP contribution < -0.4 is 14.8 Å². The summed E-state index contributed by atoms with van der Waals surface area (Å²) in [7, 11) is -2.20. The van der Waals surface area contributed by atoms with Gasteiger partial charge in [0.2, 0.25) is 0 Å². The van der Waals surface area contributed by atoms with Crippen LogP contribution in [0.1, 0.15) is 56.3 Å². The van der Waals surface area contributed by atoms with E-state index in [4.69, 9.17) is 4.74 Å². The predicted octanol–water partition coefficient (Wildman–Crippen LogP) is 3.74. The van der Waals surface area contributed by atoms with Gasteiger partial charge in [0.15, 0.2) is 5.75 Å². The van der Waals surface area contributed by atoms with E-state index in [9.17, 15) is 23.1 Å². The maximum absolute atomic E-state index is 13.6. The van der Waals surface area contributed by atoms with Gasteiger partial charge in [0.25, 0.3) is 15.9 Å². The molecule has 3 amide bonds. The molecule has 2 aliphatic rings. The van der Waals surface area contributed by atoms with Gasteiger partial charge in [-0.25, -0.2) is 13.2 Å². The van der Waals surface area contributed by atoms with Gasteiger partial charge in [-0.15, -0.1) is 11.3 Å². The second-order valence-corrected chi connectivity index (χ2v) is 13.4. The molecule has 1 aromatic heterocycles. The topological polar surface area (TPSA) is 128 Å². The number of para-hydroxylation sites is 1. The standard InChI is InChI=1S/C27H38N4O6S2/c1-18-15-31(19(2)17-32)26(33)21-11-7-12-22(29-39(35,36)24-13-8-14-38-24)25(21)37-23(18)16-30(3)27(34)28-20-9-5-4-6-10-20/h7-8,11-14,18-20,23,29,32H,4-6,9-10,15-17H2,1-3H3,(H,28,34)/t18-,19-,23-/m0/s1. The highest BCUT2D eigenvalue weighted by Crippen LogP contribution is 2.36. The van der Waals surface area contributed by atoms with Gasteiger partial charge < -0.3 is 25.0 Å². The fraction of sp³-hybridized carbons (Fsp3) is 0.556. The van der Waals surface area contributed by atoms with Crippen LogP contribution in [0, 0.1) is 5.92 Å². The molecule has 3 N–H and O–H groups in total. The lowest BCUT2D eigenvalue weighted by Crippen LogP contribution is -2.52. The number of ether oxygens (including phenoxy) is 1. The molecule has 1 fully saturated rings. The minimum atomic E-state index is -3.91. The van der Waals surface area contributed by atoms with Crippen LogP contribution in [0.3, 0.4) is 0 Å². The third kappa shape index (κ3) is 6.85. The number of aliphatic hydroxyl groups excluding tert-OH is 1. The van der Waals surface area contributed by atoms with Gasteiger partial charge in [0.05, 0.1) is 30.4 Å². The molecule has 4 rings (SSSR count). The first-order valence-corrected chi connectivity index (χ1v) is 15.8. The summed E-state index contributed by atoms with van der Waals surface area (Å²) in [4.78, 5) is 29.8. The van der Waals surface area contributed by atoms with Crippen LogP contribution in [0.15, 0.2) is 39.9 Å². The van der Waals surface area contributed by atoms with Crippen molar-refractivity contribution in [2.75, 3.05) is 31.5 Å². The van der Waals surface area contributed by atoms with E-state index >= 15 is 0 Å². The Bertz CT molecular complexity index is 1250. The van der Waals surface area contributed by atoms with E-state index in [1.54, 1.807) is 53.4 Å². The predicted molar refractivity (Wildman–Crippen MR) is 151 cm³/mol. The number of nitrogens with zero attached hydrogens (tertiary/aromatic N) is 2. The number of carbonyl (C=O) groups is 2. The van der Waals surface area contributed by atoms with E-state index < -0.39 is 22.2 Å². The fourth-order valence-electron chi connectivity index (χ4n) is 5.04. The zero-order valence-corrected chi connectivity index (χ0v) is 24.3. The van der Waals surface area contributed by atoms with Crippen molar-refractivity contribution in [2.45, 2.75) is 68.3 Å². The average Bonchev–Trinajstić information content (AvgIpc) is 3.47. The van der Waals surface area contributed by atoms with Crippen molar-refractivity contribution >= 4 is 39.0 Å². The van der Waals surface area contributed by atoms with Crippen molar-refractivity contribution in [2.24, 2.45) is 5.92 Å². The zero-order chi connectivity index (χ0) is 28.2. The van der Waals surface area contributed by atoms with E-state index in [1.165, 1.54) is 12.5 Å². The van der Waals surface area contributed by atoms with E-state index in [1.807, 2.05) is 6.92 Å². The number of rotatable bonds is 8. The Hall–Kier alpha value is -2.83. The number of anilines is 1. The number of aliphatic hydroxyl groups is 1. The molecule has 3 atom stereocenters. The first-order valence-electron chi connectivity index (χ1n) is 13.4. The number of nitrogens with one attached hydrogen (secondary N) is 2. The number of urea groups is 1. The van der Waals surface area contributed by atoms with Crippen molar-refractivity contribution in [3.05, 3.63) is 41.3 Å². The average molecular weight is 579 g/mol. The van der Waals surface area contributed by atoms with Crippen molar-refractivity contribution < 1.29 is 27.9 Å². The van der Waals surface area contributed by atoms with Crippen molar-refractivity contribution in [3.8, 4) is 5.75 Å². The zero-order valence-electron chi connectivity index (χ0n) is 22.6. The summed E-state index contributed by atoms with van der Waals surface area (Å²) in [5.74, 6) is -0.490. The highest BCUT2D eigenvalue weighted by molar-refractivity contribution is 7.94. The molecule has 39 heavy (non-hydrogen) atoms. The van der Waals surface area contributed by atoms with Crippen LogP contribution in [-0.2, 0) is 10.0 Å². The molecule has 10 nitrogen and oxygen atoms in total. The first kappa shape index (κ1) is 29.2. The number of carbonyl (C=O) groups excluding carboxylic acids is 2. The summed E-state index contributed by atoms with van der Waals surface area (Å²) in [5.41, 5.74) is 0.326. The lowest BCUT2D eigenvalue weighted by molar-refractivity contribution is 0.0368. The molecule has 1 aliphatic heterocycles. The maximum Gasteiger partial charge on any atom is 0.317 e. The Morgan fingerprint density at radius 2 is 1.97 bits per heavy atom. The Morgan fingerprint density at radius 3 is 2.64 bits per heavy atom. The van der Waals surface area contributed by atoms with Crippen molar-refractivity contribution in [3.63, 3.8) is 0 Å². The van der Waals surface area contributed by atoms with Gasteiger partial charge in [-0.1, -0.05) is 38.3 Å². The Balaban J connectivity index is 1.65.